The summed E-state index contributed by atoms with van der Waals surface area (Å²) in [6.07, 6.45) is 0.104. The van der Waals surface area contributed by atoms with E-state index < -0.39 is 6.10 Å². The lowest BCUT2D eigenvalue weighted by Gasteiger charge is -2.28. The summed E-state index contributed by atoms with van der Waals surface area (Å²) in [5.74, 6) is 0.644. The lowest BCUT2D eigenvalue weighted by atomic mass is 10.1. The largest absolute Gasteiger partial charge is 0.488 e. The maximum absolute atomic E-state index is 9.70. The molecule has 84 valence electrons. The first-order valence-corrected chi connectivity index (χ1v) is 5.35. The zero-order valence-corrected chi connectivity index (χ0v) is 8.89. The van der Waals surface area contributed by atoms with Crippen molar-refractivity contribution in [3.63, 3.8) is 0 Å². The van der Waals surface area contributed by atoms with Crippen molar-refractivity contribution in [1.82, 2.24) is 5.32 Å². The van der Waals surface area contributed by atoms with Crippen molar-refractivity contribution in [1.29, 1.82) is 5.26 Å². The monoisotopic (exact) mass is 218 g/mol. The van der Waals surface area contributed by atoms with Crippen LogP contribution in [0.15, 0.2) is 24.3 Å². The van der Waals surface area contributed by atoms with E-state index in [1.807, 2.05) is 0 Å². The number of rotatable bonds is 2. The Hall–Kier alpha value is -1.57. The number of hydrogen-bond acceptors (Lipinski definition) is 4. The molecule has 0 aromatic heterocycles. The summed E-state index contributed by atoms with van der Waals surface area (Å²) >= 11 is 0. The highest BCUT2D eigenvalue weighted by Gasteiger charge is 2.24. The van der Waals surface area contributed by atoms with Crippen molar-refractivity contribution < 1.29 is 9.84 Å². The minimum atomic E-state index is -0.487. The lowest BCUT2D eigenvalue weighted by molar-refractivity contribution is 0.0162. The van der Waals surface area contributed by atoms with Gasteiger partial charge < -0.3 is 15.2 Å². The third-order valence-electron chi connectivity index (χ3n) is 2.64. The number of benzene rings is 1. The molecule has 0 bridgehead atoms. The molecular formula is C12H14N2O2. The van der Waals surface area contributed by atoms with Gasteiger partial charge in [-0.3, -0.25) is 0 Å². The van der Waals surface area contributed by atoms with Crippen molar-refractivity contribution in [3.8, 4) is 11.8 Å². The predicted octanol–water partition coefficient (Wildman–Crippen LogP) is 0.660. The number of aliphatic hydroxyl groups excluding tert-OH is 1. The molecule has 1 aromatic rings. The summed E-state index contributed by atoms with van der Waals surface area (Å²) in [7, 11) is 0. The average Bonchev–Trinajstić information content (AvgIpc) is 2.32. The van der Waals surface area contributed by atoms with Crippen LogP contribution in [-0.2, 0) is 0 Å². The number of ether oxygens (including phenoxy) is 1. The molecule has 2 rings (SSSR count). The van der Waals surface area contributed by atoms with Crippen molar-refractivity contribution in [2.24, 2.45) is 0 Å². The standard InChI is InChI=1S/C12H14N2O2/c13-7-9-2-1-3-10(6-9)16-12-4-5-14-8-11(12)15/h1-3,6,11-12,14-15H,4-5,8H2/t11-,12-/m0/s1. The second kappa shape index (κ2) is 4.97. The van der Waals surface area contributed by atoms with Crippen LogP contribution in [0, 0.1) is 11.3 Å². The molecule has 1 saturated heterocycles. The highest BCUT2D eigenvalue weighted by molar-refractivity contribution is 5.36. The van der Waals surface area contributed by atoms with E-state index in [2.05, 4.69) is 11.4 Å². The van der Waals surface area contributed by atoms with Gasteiger partial charge in [-0.15, -0.1) is 0 Å². The maximum Gasteiger partial charge on any atom is 0.127 e. The Bertz CT molecular complexity index is 400. The maximum atomic E-state index is 9.70. The fourth-order valence-electron chi connectivity index (χ4n) is 1.77. The highest BCUT2D eigenvalue weighted by atomic mass is 16.5. The van der Waals surface area contributed by atoms with Gasteiger partial charge in [0, 0.05) is 6.54 Å². The molecule has 4 heteroatoms. The van der Waals surface area contributed by atoms with Gasteiger partial charge in [0.15, 0.2) is 0 Å². The Labute approximate surface area is 94.5 Å². The molecule has 2 atom stereocenters. The first kappa shape index (κ1) is 10.9. The molecule has 2 N–H and O–H groups in total. The zero-order chi connectivity index (χ0) is 11.4. The highest BCUT2D eigenvalue weighted by Crippen LogP contribution is 2.18. The van der Waals surface area contributed by atoms with E-state index in [0.29, 0.717) is 17.9 Å². The van der Waals surface area contributed by atoms with E-state index in [9.17, 15) is 5.11 Å². The Balaban J connectivity index is 2.05. The van der Waals surface area contributed by atoms with Gasteiger partial charge in [-0.05, 0) is 31.2 Å². The SMILES string of the molecule is N#Cc1cccc(O[C@H]2CCNC[C@@H]2O)c1. The molecule has 0 amide bonds. The topological polar surface area (TPSA) is 65.3 Å². The fourth-order valence-corrected chi connectivity index (χ4v) is 1.77. The van der Waals surface area contributed by atoms with Crippen LogP contribution in [-0.4, -0.2) is 30.4 Å². The van der Waals surface area contributed by atoms with E-state index in [1.165, 1.54) is 0 Å². The normalized spacial score (nSPS) is 24.8. The minimum Gasteiger partial charge on any atom is -0.488 e. The molecule has 0 aliphatic carbocycles. The summed E-state index contributed by atoms with van der Waals surface area (Å²) in [6.45, 7) is 1.41. The van der Waals surface area contributed by atoms with Gasteiger partial charge in [0.1, 0.15) is 18.0 Å². The Morgan fingerprint density at radius 3 is 3.12 bits per heavy atom. The van der Waals surface area contributed by atoms with Crippen LogP contribution in [0.4, 0.5) is 0 Å². The zero-order valence-electron chi connectivity index (χ0n) is 8.89. The van der Waals surface area contributed by atoms with Gasteiger partial charge in [0.25, 0.3) is 0 Å². The molecule has 1 aliphatic rings. The first-order chi connectivity index (χ1) is 7.79. The number of aliphatic hydroxyl groups is 1. The molecule has 0 radical (unpaired) electrons. The summed E-state index contributed by atoms with van der Waals surface area (Å²) in [5, 5.41) is 21.5. The van der Waals surface area contributed by atoms with E-state index in [0.717, 1.165) is 13.0 Å². The van der Waals surface area contributed by atoms with E-state index >= 15 is 0 Å². The van der Waals surface area contributed by atoms with Crippen LogP contribution in [0.5, 0.6) is 5.75 Å². The van der Waals surface area contributed by atoms with Gasteiger partial charge in [0.05, 0.1) is 11.6 Å². The van der Waals surface area contributed by atoms with Crippen LogP contribution in [0.3, 0.4) is 0 Å². The second-order valence-electron chi connectivity index (χ2n) is 3.86. The number of nitriles is 1. The van der Waals surface area contributed by atoms with Gasteiger partial charge in [-0.1, -0.05) is 6.07 Å². The molecule has 0 spiro atoms. The third-order valence-corrected chi connectivity index (χ3v) is 2.64. The van der Waals surface area contributed by atoms with Crippen LogP contribution in [0.25, 0.3) is 0 Å². The summed E-state index contributed by atoms with van der Waals surface area (Å²) < 4.78 is 5.67. The Kier molecular flexibility index (Phi) is 3.40. The third kappa shape index (κ3) is 2.51. The molecule has 1 aliphatic heterocycles. The van der Waals surface area contributed by atoms with Gasteiger partial charge >= 0.3 is 0 Å². The van der Waals surface area contributed by atoms with Crippen molar-refractivity contribution in [2.75, 3.05) is 13.1 Å². The van der Waals surface area contributed by atoms with Crippen LogP contribution >= 0.6 is 0 Å². The molecule has 4 nitrogen and oxygen atoms in total. The van der Waals surface area contributed by atoms with Gasteiger partial charge in [0.2, 0.25) is 0 Å². The molecular weight excluding hydrogens is 204 g/mol. The number of hydrogen-bond donors (Lipinski definition) is 2. The quantitative estimate of drug-likeness (QED) is 0.765. The lowest BCUT2D eigenvalue weighted by Crippen LogP contribution is -2.46. The minimum absolute atomic E-state index is 0.185. The van der Waals surface area contributed by atoms with Crippen LogP contribution < -0.4 is 10.1 Å². The second-order valence-corrected chi connectivity index (χ2v) is 3.86. The number of nitrogens with one attached hydrogen (secondary N) is 1. The molecule has 0 saturated carbocycles. The van der Waals surface area contributed by atoms with Gasteiger partial charge in [-0.2, -0.15) is 5.26 Å². The summed E-state index contributed by atoms with van der Waals surface area (Å²) in [6, 6.07) is 9.06. The molecule has 0 unspecified atom stereocenters. The number of piperidine rings is 1. The number of β-amino-alcohol motifs (C(OH)–C–C–N with tert-alkyl or cyclic N) is 1. The van der Waals surface area contributed by atoms with E-state index in [4.69, 9.17) is 10.00 Å². The van der Waals surface area contributed by atoms with Crippen LogP contribution in [0.2, 0.25) is 0 Å². The molecule has 1 heterocycles. The molecule has 1 aromatic carbocycles. The van der Waals surface area contributed by atoms with Gasteiger partial charge in [-0.25, -0.2) is 0 Å². The van der Waals surface area contributed by atoms with Crippen molar-refractivity contribution in [3.05, 3.63) is 29.8 Å². The van der Waals surface area contributed by atoms with Crippen LogP contribution in [0.1, 0.15) is 12.0 Å². The fraction of sp³-hybridized carbons (Fsp3) is 0.417. The number of nitrogens with zero attached hydrogens (tertiary/aromatic N) is 1. The smallest absolute Gasteiger partial charge is 0.127 e. The van der Waals surface area contributed by atoms with Crippen molar-refractivity contribution in [2.45, 2.75) is 18.6 Å². The first-order valence-electron chi connectivity index (χ1n) is 5.35. The molecule has 1 fully saturated rings. The van der Waals surface area contributed by atoms with Crippen molar-refractivity contribution >= 4 is 0 Å². The average molecular weight is 218 g/mol. The summed E-state index contributed by atoms with van der Waals surface area (Å²) in [5.41, 5.74) is 0.570. The Morgan fingerprint density at radius 2 is 2.38 bits per heavy atom. The molecule has 16 heavy (non-hydrogen) atoms. The predicted molar refractivity (Wildman–Crippen MR) is 59.1 cm³/mol. The van der Waals surface area contributed by atoms with E-state index in [1.54, 1.807) is 24.3 Å². The Morgan fingerprint density at radius 1 is 1.50 bits per heavy atom. The van der Waals surface area contributed by atoms with E-state index in [-0.39, 0.29) is 6.10 Å². The summed E-state index contributed by atoms with van der Waals surface area (Å²) in [4.78, 5) is 0.